The Morgan fingerprint density at radius 2 is 0.643 bits per heavy atom. The van der Waals surface area contributed by atoms with Crippen molar-refractivity contribution >= 4 is 23.9 Å². The van der Waals surface area contributed by atoms with Crippen LogP contribution in [-0.4, -0.2) is 44.3 Å². The van der Waals surface area contributed by atoms with Crippen molar-refractivity contribution in [3.63, 3.8) is 0 Å². The van der Waals surface area contributed by atoms with E-state index in [-0.39, 0.29) is 34.1 Å². The largest absolute Gasteiger partial charge is 0.473 e. The summed E-state index contributed by atoms with van der Waals surface area (Å²) in [6, 6.07) is 0. The van der Waals surface area contributed by atoms with Crippen LogP contribution in [0.5, 0.6) is 0 Å². The van der Waals surface area contributed by atoms with Crippen molar-refractivity contribution < 1.29 is 73.7 Å². The van der Waals surface area contributed by atoms with Crippen LogP contribution in [-0.2, 0) is 53.3 Å². The zero-order valence-corrected chi connectivity index (χ0v) is 8.44. The maximum absolute atomic E-state index is 9.10. The molecule has 8 nitrogen and oxygen atoms in total. The van der Waals surface area contributed by atoms with Gasteiger partial charge in [0.25, 0.3) is 0 Å². The SMILES string of the molecule is O=C(O)C(=O)O.O=C(O)C(=O)O.[Fe].[Mn]. The molecule has 0 aliphatic carbocycles. The number of hydrogen-bond donors (Lipinski definition) is 4. The third kappa shape index (κ3) is 22.4. The molecule has 0 saturated carbocycles. The van der Waals surface area contributed by atoms with Crippen LogP contribution in [0.1, 0.15) is 0 Å². The molecule has 1 radical (unpaired) electrons. The summed E-state index contributed by atoms with van der Waals surface area (Å²) in [4.78, 5) is 36.4. The van der Waals surface area contributed by atoms with Crippen molar-refractivity contribution in [3.8, 4) is 0 Å². The minimum Gasteiger partial charge on any atom is -0.473 e. The Morgan fingerprint density at radius 3 is 0.643 bits per heavy atom. The van der Waals surface area contributed by atoms with Gasteiger partial charge in [0.1, 0.15) is 0 Å². The summed E-state index contributed by atoms with van der Waals surface area (Å²) in [6.45, 7) is 0. The Hall–Kier alpha value is -1.08. The molecule has 0 aromatic carbocycles. The second kappa shape index (κ2) is 11.9. The quantitative estimate of drug-likeness (QED) is 0.305. The van der Waals surface area contributed by atoms with Gasteiger partial charge in [0, 0.05) is 34.1 Å². The fourth-order valence-corrected chi connectivity index (χ4v) is 0. The van der Waals surface area contributed by atoms with Gasteiger partial charge < -0.3 is 20.4 Å². The predicted octanol–water partition coefficient (Wildman–Crippen LogP) is -1.69. The van der Waals surface area contributed by atoms with E-state index in [0.29, 0.717) is 0 Å². The van der Waals surface area contributed by atoms with Crippen LogP contribution in [0.15, 0.2) is 0 Å². The molecule has 0 fully saturated rings. The van der Waals surface area contributed by atoms with Gasteiger partial charge in [-0.05, 0) is 0 Å². The predicted molar refractivity (Wildman–Crippen MR) is 30.5 cm³/mol. The van der Waals surface area contributed by atoms with Crippen molar-refractivity contribution in [2.24, 2.45) is 0 Å². The van der Waals surface area contributed by atoms with E-state index >= 15 is 0 Å². The summed E-state index contributed by atoms with van der Waals surface area (Å²) in [6.07, 6.45) is 0. The number of carboxylic acids is 4. The maximum atomic E-state index is 9.10. The molecular formula is C4H4FeMnO8. The van der Waals surface area contributed by atoms with Gasteiger partial charge in [-0.1, -0.05) is 0 Å². The molecule has 0 aromatic rings. The van der Waals surface area contributed by atoms with Gasteiger partial charge in [0.2, 0.25) is 0 Å². The van der Waals surface area contributed by atoms with Crippen LogP contribution in [0.25, 0.3) is 0 Å². The average molecular weight is 291 g/mol. The Kier molecular flexibility index (Phi) is 19.6. The molecule has 0 heterocycles. The summed E-state index contributed by atoms with van der Waals surface area (Å²) < 4.78 is 0. The second-order valence-electron chi connectivity index (χ2n) is 1.22. The summed E-state index contributed by atoms with van der Waals surface area (Å²) in [5.74, 6) is -7.30. The van der Waals surface area contributed by atoms with Crippen molar-refractivity contribution in [2.45, 2.75) is 0 Å². The summed E-state index contributed by atoms with van der Waals surface area (Å²) >= 11 is 0. The fourth-order valence-electron chi connectivity index (χ4n) is 0. The number of hydrogen-bond acceptors (Lipinski definition) is 4. The summed E-state index contributed by atoms with van der Waals surface area (Å²) in [5, 5.41) is 29.6. The van der Waals surface area contributed by atoms with Crippen molar-refractivity contribution in [1.82, 2.24) is 0 Å². The molecule has 0 bridgehead atoms. The Balaban J connectivity index is -0.0000000625. The number of carbonyl (C=O) groups is 4. The van der Waals surface area contributed by atoms with E-state index in [1.807, 2.05) is 0 Å². The molecule has 0 atom stereocenters. The van der Waals surface area contributed by atoms with Gasteiger partial charge in [0.15, 0.2) is 0 Å². The molecule has 0 rings (SSSR count). The third-order valence-corrected chi connectivity index (χ3v) is 0.366. The first-order valence-corrected chi connectivity index (χ1v) is 2.21. The molecule has 0 spiro atoms. The summed E-state index contributed by atoms with van der Waals surface area (Å²) in [5.41, 5.74) is 0. The minimum absolute atomic E-state index is 0. The van der Waals surface area contributed by atoms with E-state index in [4.69, 9.17) is 39.6 Å². The minimum atomic E-state index is -1.82. The normalized spacial score (nSPS) is 6.29. The van der Waals surface area contributed by atoms with Crippen LogP contribution in [0.4, 0.5) is 0 Å². The van der Waals surface area contributed by atoms with E-state index in [9.17, 15) is 0 Å². The monoisotopic (exact) mass is 291 g/mol. The number of rotatable bonds is 0. The molecule has 0 saturated heterocycles. The Morgan fingerprint density at radius 1 is 0.571 bits per heavy atom. The van der Waals surface area contributed by atoms with Crippen LogP contribution in [0.2, 0.25) is 0 Å². The standard InChI is InChI=1S/2C2H2O4.Fe.Mn/c2*3-1(4)2(5)6;;/h2*(H,3,4)(H,5,6);;. The van der Waals surface area contributed by atoms with Gasteiger partial charge in [-0.2, -0.15) is 0 Å². The van der Waals surface area contributed by atoms with Gasteiger partial charge in [-0.3, -0.25) is 0 Å². The average Bonchev–Trinajstić information content (AvgIpc) is 1.88. The van der Waals surface area contributed by atoms with Crippen LogP contribution in [0, 0.1) is 0 Å². The van der Waals surface area contributed by atoms with Gasteiger partial charge in [-0.25, -0.2) is 19.2 Å². The van der Waals surface area contributed by atoms with E-state index in [1.165, 1.54) is 0 Å². The van der Waals surface area contributed by atoms with Crippen LogP contribution >= 0.6 is 0 Å². The van der Waals surface area contributed by atoms with Crippen molar-refractivity contribution in [1.29, 1.82) is 0 Å². The molecule has 0 aliphatic rings. The molecule has 10 heteroatoms. The fraction of sp³-hybridized carbons (Fsp3) is 0. The molecule has 0 unspecified atom stereocenters. The number of carboxylic acid groups (broad SMARTS) is 4. The van der Waals surface area contributed by atoms with Crippen LogP contribution in [0.3, 0.4) is 0 Å². The van der Waals surface area contributed by atoms with E-state index < -0.39 is 23.9 Å². The van der Waals surface area contributed by atoms with E-state index in [2.05, 4.69) is 0 Å². The van der Waals surface area contributed by atoms with Crippen molar-refractivity contribution in [2.75, 3.05) is 0 Å². The zero-order valence-electron chi connectivity index (χ0n) is 6.15. The van der Waals surface area contributed by atoms with Gasteiger partial charge >= 0.3 is 23.9 Å². The first-order chi connectivity index (χ1) is 5.29. The molecule has 0 aliphatic heterocycles. The molecule has 0 amide bonds. The molecule has 4 N–H and O–H groups in total. The van der Waals surface area contributed by atoms with E-state index in [1.54, 1.807) is 0 Å². The topological polar surface area (TPSA) is 149 Å². The van der Waals surface area contributed by atoms with Crippen molar-refractivity contribution in [3.05, 3.63) is 0 Å². The number of aliphatic carboxylic acids is 4. The maximum Gasteiger partial charge on any atom is 0.414 e. The Bertz CT molecular complexity index is 177. The summed E-state index contributed by atoms with van der Waals surface area (Å²) in [7, 11) is 0. The third-order valence-electron chi connectivity index (χ3n) is 0.366. The smallest absolute Gasteiger partial charge is 0.414 e. The molecular weight excluding hydrogens is 287 g/mol. The molecule has 0 aromatic heterocycles. The Labute approximate surface area is 97.9 Å². The molecule has 83 valence electrons. The van der Waals surface area contributed by atoms with Gasteiger partial charge in [-0.15, -0.1) is 0 Å². The second-order valence-corrected chi connectivity index (χ2v) is 1.22. The first kappa shape index (κ1) is 23.1. The first-order valence-electron chi connectivity index (χ1n) is 2.21. The van der Waals surface area contributed by atoms with Gasteiger partial charge in [0.05, 0.1) is 0 Å². The van der Waals surface area contributed by atoms with E-state index in [0.717, 1.165) is 0 Å². The van der Waals surface area contributed by atoms with Crippen LogP contribution < -0.4 is 0 Å². The molecule has 14 heavy (non-hydrogen) atoms. The zero-order chi connectivity index (χ0) is 10.3.